The Labute approximate surface area is 151 Å². The zero-order valence-corrected chi connectivity index (χ0v) is 15.3. The van der Waals surface area contributed by atoms with E-state index in [1.165, 1.54) is 17.7 Å². The van der Waals surface area contributed by atoms with Gasteiger partial charge in [0.15, 0.2) is 0 Å². The van der Waals surface area contributed by atoms with E-state index in [9.17, 15) is 0 Å². The molecule has 2 N–H and O–H groups in total. The van der Waals surface area contributed by atoms with Crippen molar-refractivity contribution in [2.45, 2.75) is 43.5 Å². The average molecular weight is 359 g/mol. The lowest BCUT2D eigenvalue weighted by Gasteiger charge is -2.34. The molecule has 0 amide bonds. The highest BCUT2D eigenvalue weighted by Gasteiger charge is 2.31. The normalized spacial score (nSPS) is 30.0. The van der Waals surface area contributed by atoms with E-state index in [2.05, 4.69) is 39.5 Å². The van der Waals surface area contributed by atoms with Crippen molar-refractivity contribution in [1.29, 1.82) is 0 Å². The first-order chi connectivity index (χ1) is 11.7. The summed E-state index contributed by atoms with van der Waals surface area (Å²) in [6.07, 6.45) is 11.3. The Morgan fingerprint density at radius 1 is 1.25 bits per heavy atom. The number of hydrogen-bond donors (Lipinski definition) is 1. The van der Waals surface area contributed by atoms with Crippen molar-refractivity contribution in [3.05, 3.63) is 52.2 Å². The number of aromatic nitrogens is 2. The minimum Gasteiger partial charge on any atom is -0.328 e. The maximum Gasteiger partial charge on any atom is 0.135 e. The topological polar surface area (TPSA) is 55.0 Å². The van der Waals surface area contributed by atoms with Gasteiger partial charge in [0.1, 0.15) is 10.4 Å². The van der Waals surface area contributed by atoms with Gasteiger partial charge in [-0.1, -0.05) is 18.7 Å². The molecule has 2 aliphatic rings. The smallest absolute Gasteiger partial charge is 0.135 e. The maximum absolute atomic E-state index is 6.31. The van der Waals surface area contributed by atoms with Crippen LogP contribution >= 0.6 is 23.1 Å². The molecule has 1 fully saturated rings. The van der Waals surface area contributed by atoms with E-state index < -0.39 is 0 Å². The van der Waals surface area contributed by atoms with Crippen LogP contribution in [-0.4, -0.2) is 16.0 Å². The summed E-state index contributed by atoms with van der Waals surface area (Å²) in [5.74, 6) is 1.19. The number of nitrogens with zero attached hydrogens (tertiary/aromatic N) is 3. The van der Waals surface area contributed by atoms with E-state index in [4.69, 9.17) is 5.73 Å². The van der Waals surface area contributed by atoms with Gasteiger partial charge in [-0.2, -0.15) is 0 Å². The average Bonchev–Trinajstić information content (AvgIpc) is 3.25. The van der Waals surface area contributed by atoms with E-state index in [1.807, 2.05) is 24.0 Å². The molecule has 1 aliphatic heterocycles. The van der Waals surface area contributed by atoms with Gasteiger partial charge in [-0.15, -0.1) is 11.3 Å². The molecule has 24 heavy (non-hydrogen) atoms. The third-order valence-corrected chi connectivity index (χ3v) is 6.84. The summed E-state index contributed by atoms with van der Waals surface area (Å²) >= 11 is 3.51. The van der Waals surface area contributed by atoms with Gasteiger partial charge in [-0.25, -0.2) is 4.98 Å². The molecule has 0 saturated heterocycles. The Hall–Kier alpha value is -1.37. The van der Waals surface area contributed by atoms with Crippen molar-refractivity contribution in [3.8, 4) is 0 Å². The molecule has 0 bridgehead atoms. The number of anilines is 1. The fraction of sp³-hybridized carbons (Fsp3) is 0.444. The summed E-state index contributed by atoms with van der Waals surface area (Å²) in [5, 5.41) is 5.53. The van der Waals surface area contributed by atoms with Crippen molar-refractivity contribution < 1.29 is 0 Å². The molecule has 2 aromatic heterocycles. The van der Waals surface area contributed by atoms with Crippen molar-refractivity contribution in [2.75, 3.05) is 4.90 Å². The highest BCUT2D eigenvalue weighted by Crippen LogP contribution is 2.46. The van der Waals surface area contributed by atoms with Gasteiger partial charge in [0.05, 0.1) is 11.9 Å². The predicted octanol–water partition coefficient (Wildman–Crippen LogP) is 4.49. The summed E-state index contributed by atoms with van der Waals surface area (Å²) < 4.78 is 0. The first-order valence-corrected chi connectivity index (χ1v) is 10.2. The molecule has 0 radical (unpaired) electrons. The summed E-state index contributed by atoms with van der Waals surface area (Å²) in [5.41, 5.74) is 8.88. The molecule has 4 rings (SSSR count). The van der Waals surface area contributed by atoms with Crippen LogP contribution in [0, 0.1) is 5.92 Å². The van der Waals surface area contributed by atoms with Crippen LogP contribution in [0.15, 0.2) is 41.6 Å². The number of rotatable bonds is 3. The molecule has 6 heteroatoms. The zero-order chi connectivity index (χ0) is 16.5. The van der Waals surface area contributed by atoms with Crippen LogP contribution < -0.4 is 10.6 Å². The minimum atomic E-state index is 0.211. The monoisotopic (exact) mass is 358 g/mol. The number of nitrogens with two attached hydrogens (primary N) is 1. The molecular formula is C18H22N4S2. The van der Waals surface area contributed by atoms with Crippen LogP contribution in [0.1, 0.15) is 48.0 Å². The van der Waals surface area contributed by atoms with E-state index >= 15 is 0 Å². The fourth-order valence-corrected chi connectivity index (χ4v) is 5.72. The van der Waals surface area contributed by atoms with E-state index in [-0.39, 0.29) is 5.37 Å². The lowest BCUT2D eigenvalue weighted by molar-refractivity contribution is 0.308. The van der Waals surface area contributed by atoms with Crippen molar-refractivity contribution in [3.63, 3.8) is 0 Å². The number of hydrogen-bond acceptors (Lipinski definition) is 6. The summed E-state index contributed by atoms with van der Waals surface area (Å²) in [4.78, 5) is 11.2. The van der Waals surface area contributed by atoms with Crippen LogP contribution in [0.4, 0.5) is 5.69 Å². The molecule has 0 aromatic carbocycles. The first-order valence-electron chi connectivity index (χ1n) is 8.41. The van der Waals surface area contributed by atoms with Crippen molar-refractivity contribution in [2.24, 2.45) is 11.7 Å². The van der Waals surface area contributed by atoms with Crippen LogP contribution in [0.25, 0.3) is 0 Å². The predicted molar refractivity (Wildman–Crippen MR) is 102 cm³/mol. The van der Waals surface area contributed by atoms with Crippen LogP contribution in [0.2, 0.25) is 0 Å². The highest BCUT2D eigenvalue weighted by molar-refractivity contribution is 8.02. The molecule has 1 aliphatic carbocycles. The summed E-state index contributed by atoms with van der Waals surface area (Å²) in [6.45, 7) is 2.32. The second kappa shape index (κ2) is 6.86. The summed E-state index contributed by atoms with van der Waals surface area (Å²) in [7, 11) is 0. The second-order valence-corrected chi connectivity index (χ2v) is 8.67. The molecule has 3 heterocycles. The Morgan fingerprint density at radius 3 is 2.96 bits per heavy atom. The van der Waals surface area contributed by atoms with Gasteiger partial charge in [-0.05, 0) is 48.1 Å². The minimum absolute atomic E-state index is 0.211. The first kappa shape index (κ1) is 16.1. The van der Waals surface area contributed by atoms with Gasteiger partial charge >= 0.3 is 0 Å². The highest BCUT2D eigenvalue weighted by atomic mass is 32.2. The number of thiazole rings is 1. The molecule has 126 valence electrons. The standard InChI is InChI=1S/C18H22N4S2/c1-12-8-13(10-14(19)9-12)15-2-3-20-11-16(15)22-5-7-24-18(22)17-21-4-6-23-17/h2-7,11-14,18H,8-10,19H2,1H3. The SMILES string of the molecule is CC1CC(N)CC(c2ccncc2N2C=CSC2c2nccs2)C1. The molecular weight excluding hydrogens is 336 g/mol. The number of thioether (sulfide) groups is 1. The van der Waals surface area contributed by atoms with E-state index in [0.717, 1.165) is 17.8 Å². The maximum atomic E-state index is 6.31. The van der Waals surface area contributed by atoms with Gasteiger partial charge in [0, 0.05) is 30.0 Å². The number of pyridine rings is 1. The summed E-state index contributed by atoms with van der Waals surface area (Å²) in [6, 6.07) is 2.48. The molecule has 4 atom stereocenters. The van der Waals surface area contributed by atoms with Gasteiger partial charge in [0.25, 0.3) is 0 Å². The zero-order valence-electron chi connectivity index (χ0n) is 13.7. The molecule has 0 spiro atoms. The third kappa shape index (κ3) is 3.10. The van der Waals surface area contributed by atoms with Crippen LogP contribution in [0.3, 0.4) is 0 Å². The fourth-order valence-electron chi connectivity index (χ4n) is 3.93. The molecule has 4 nitrogen and oxygen atoms in total. The van der Waals surface area contributed by atoms with Gasteiger partial charge in [0.2, 0.25) is 0 Å². The van der Waals surface area contributed by atoms with E-state index in [1.54, 1.807) is 23.1 Å². The van der Waals surface area contributed by atoms with Crippen LogP contribution in [-0.2, 0) is 0 Å². The molecule has 4 unspecified atom stereocenters. The Kier molecular flexibility index (Phi) is 4.61. The van der Waals surface area contributed by atoms with Crippen LogP contribution in [0.5, 0.6) is 0 Å². The van der Waals surface area contributed by atoms with E-state index in [0.29, 0.717) is 17.9 Å². The van der Waals surface area contributed by atoms with Crippen molar-refractivity contribution in [1.82, 2.24) is 9.97 Å². The quantitative estimate of drug-likeness (QED) is 0.876. The Balaban J connectivity index is 1.67. The third-order valence-electron chi connectivity index (χ3n) is 4.87. The van der Waals surface area contributed by atoms with Gasteiger partial charge in [-0.3, -0.25) is 4.98 Å². The molecule has 1 saturated carbocycles. The van der Waals surface area contributed by atoms with Crippen molar-refractivity contribution >= 4 is 28.8 Å². The Bertz CT molecular complexity index is 706. The molecule has 2 aromatic rings. The second-order valence-electron chi connectivity index (χ2n) is 6.75. The van der Waals surface area contributed by atoms with Gasteiger partial charge < -0.3 is 10.6 Å². The lowest BCUT2D eigenvalue weighted by atomic mass is 9.76. The largest absolute Gasteiger partial charge is 0.328 e. The lowest BCUT2D eigenvalue weighted by Crippen LogP contribution is -2.31. The Morgan fingerprint density at radius 2 is 2.17 bits per heavy atom.